The molecule has 0 aliphatic carbocycles. The van der Waals surface area contributed by atoms with Crippen molar-refractivity contribution in [2.24, 2.45) is 0 Å². The lowest BCUT2D eigenvalue weighted by atomic mass is 10.1. The number of fused-ring (bicyclic) bond motifs is 2. The highest BCUT2D eigenvalue weighted by Gasteiger charge is 2.13. The summed E-state index contributed by atoms with van der Waals surface area (Å²) < 4.78 is 11.7. The number of carboxylic acids is 1. The van der Waals surface area contributed by atoms with Crippen molar-refractivity contribution in [3.63, 3.8) is 0 Å². The first kappa shape index (κ1) is 15.4. The largest absolute Gasteiger partial charge is 0.478 e. The maximum Gasteiger partial charge on any atom is 0.335 e. The lowest BCUT2D eigenvalue weighted by molar-refractivity contribution is 0.0697. The topological polar surface area (TPSA) is 76.5 Å². The Morgan fingerprint density at radius 1 is 0.815 bits per heavy atom. The van der Waals surface area contributed by atoms with Gasteiger partial charge < -0.3 is 13.9 Å². The van der Waals surface area contributed by atoms with Crippen LogP contribution in [0.5, 0.6) is 0 Å². The molecule has 0 saturated carbocycles. The SMILES string of the molecule is O=C(O)c1cccc(-c2nc3cc(-c4cc5ccccc5o4)ccc3o2)c1. The molecule has 27 heavy (non-hydrogen) atoms. The van der Waals surface area contributed by atoms with Crippen LogP contribution in [0.1, 0.15) is 10.4 Å². The van der Waals surface area contributed by atoms with Gasteiger partial charge in [0.25, 0.3) is 0 Å². The molecule has 0 aliphatic rings. The van der Waals surface area contributed by atoms with E-state index in [-0.39, 0.29) is 5.56 Å². The van der Waals surface area contributed by atoms with Crippen LogP contribution in [0.2, 0.25) is 0 Å². The molecule has 0 radical (unpaired) electrons. The number of carboxylic acid groups (broad SMARTS) is 1. The van der Waals surface area contributed by atoms with Crippen molar-refractivity contribution < 1.29 is 18.7 Å². The van der Waals surface area contributed by atoms with Gasteiger partial charge in [0, 0.05) is 16.5 Å². The summed E-state index contributed by atoms with van der Waals surface area (Å²) in [4.78, 5) is 15.7. The zero-order valence-electron chi connectivity index (χ0n) is 14.0. The second-order valence-corrected chi connectivity index (χ2v) is 6.24. The quantitative estimate of drug-likeness (QED) is 0.455. The van der Waals surface area contributed by atoms with Gasteiger partial charge in [0.05, 0.1) is 5.56 Å². The first-order valence-corrected chi connectivity index (χ1v) is 8.41. The minimum Gasteiger partial charge on any atom is -0.478 e. The summed E-state index contributed by atoms with van der Waals surface area (Å²) in [5, 5.41) is 10.2. The molecule has 0 saturated heterocycles. The number of carbonyl (C=O) groups is 1. The molecule has 0 aliphatic heterocycles. The third kappa shape index (κ3) is 2.66. The fraction of sp³-hybridized carbons (Fsp3) is 0. The second kappa shape index (κ2) is 5.85. The van der Waals surface area contributed by atoms with Gasteiger partial charge in [-0.05, 0) is 48.5 Å². The number of oxazole rings is 1. The van der Waals surface area contributed by atoms with Gasteiger partial charge in [-0.25, -0.2) is 9.78 Å². The van der Waals surface area contributed by atoms with Gasteiger partial charge in [-0.1, -0.05) is 24.3 Å². The van der Waals surface area contributed by atoms with E-state index >= 15 is 0 Å². The highest BCUT2D eigenvalue weighted by atomic mass is 16.4. The molecule has 5 heteroatoms. The van der Waals surface area contributed by atoms with Gasteiger partial charge >= 0.3 is 5.97 Å². The van der Waals surface area contributed by atoms with Crippen molar-refractivity contribution in [1.82, 2.24) is 4.98 Å². The maximum atomic E-state index is 11.2. The average Bonchev–Trinajstić information content (AvgIpc) is 3.31. The fourth-order valence-electron chi connectivity index (χ4n) is 3.11. The molecule has 0 bridgehead atoms. The van der Waals surface area contributed by atoms with Crippen LogP contribution >= 0.6 is 0 Å². The molecule has 0 amide bonds. The molecule has 2 heterocycles. The predicted molar refractivity (Wildman–Crippen MR) is 102 cm³/mol. The Balaban J connectivity index is 1.59. The van der Waals surface area contributed by atoms with Gasteiger partial charge in [-0.2, -0.15) is 0 Å². The summed E-state index contributed by atoms with van der Waals surface area (Å²) in [5.74, 6) is 0.158. The number of hydrogen-bond acceptors (Lipinski definition) is 4. The Hall–Kier alpha value is -3.86. The Morgan fingerprint density at radius 2 is 1.70 bits per heavy atom. The zero-order valence-corrected chi connectivity index (χ0v) is 14.0. The monoisotopic (exact) mass is 355 g/mol. The first-order chi connectivity index (χ1) is 13.2. The molecule has 0 atom stereocenters. The van der Waals surface area contributed by atoms with Gasteiger partial charge in [0.2, 0.25) is 5.89 Å². The molecular formula is C22H13NO4. The van der Waals surface area contributed by atoms with Crippen molar-refractivity contribution in [3.05, 3.63) is 78.4 Å². The summed E-state index contributed by atoms with van der Waals surface area (Å²) in [6, 6.07) is 22.0. The van der Waals surface area contributed by atoms with E-state index < -0.39 is 5.97 Å². The maximum absolute atomic E-state index is 11.2. The summed E-state index contributed by atoms with van der Waals surface area (Å²) in [7, 11) is 0. The molecule has 5 rings (SSSR count). The van der Waals surface area contributed by atoms with Gasteiger partial charge in [-0.15, -0.1) is 0 Å². The highest BCUT2D eigenvalue weighted by molar-refractivity contribution is 5.90. The Labute approximate surface area is 153 Å². The summed E-state index contributed by atoms with van der Waals surface area (Å²) >= 11 is 0. The van der Waals surface area contributed by atoms with Crippen molar-refractivity contribution in [3.8, 4) is 22.8 Å². The van der Waals surface area contributed by atoms with Crippen LogP contribution < -0.4 is 0 Å². The normalized spacial score (nSPS) is 11.3. The Bertz CT molecular complexity index is 1280. The first-order valence-electron chi connectivity index (χ1n) is 8.41. The number of rotatable bonds is 3. The van der Waals surface area contributed by atoms with Crippen LogP contribution in [0, 0.1) is 0 Å². The van der Waals surface area contributed by atoms with Crippen molar-refractivity contribution in [2.45, 2.75) is 0 Å². The third-order valence-electron chi connectivity index (χ3n) is 4.45. The van der Waals surface area contributed by atoms with Crippen LogP contribution in [0.4, 0.5) is 0 Å². The summed E-state index contributed by atoms with van der Waals surface area (Å²) in [6.45, 7) is 0. The zero-order chi connectivity index (χ0) is 18.4. The minimum absolute atomic E-state index is 0.192. The number of para-hydroxylation sites is 1. The van der Waals surface area contributed by atoms with Gasteiger partial charge in [0.15, 0.2) is 5.58 Å². The predicted octanol–water partition coefficient (Wildman–Crippen LogP) is 5.61. The fourth-order valence-corrected chi connectivity index (χ4v) is 3.11. The number of aromatic carboxylic acids is 1. The van der Waals surface area contributed by atoms with E-state index in [1.807, 2.05) is 48.5 Å². The second-order valence-electron chi connectivity index (χ2n) is 6.24. The number of furan rings is 1. The molecule has 5 nitrogen and oxygen atoms in total. The molecular weight excluding hydrogens is 342 g/mol. The molecule has 130 valence electrons. The van der Waals surface area contributed by atoms with E-state index in [0.717, 1.165) is 22.3 Å². The van der Waals surface area contributed by atoms with Crippen LogP contribution in [-0.2, 0) is 0 Å². The standard InChI is InChI=1S/C22H13NO4/c24-22(25)16-6-3-5-15(10-16)21-23-17-11-14(8-9-19(17)27-21)20-12-13-4-1-2-7-18(13)26-20/h1-12H,(H,24,25). The molecule has 0 unspecified atom stereocenters. The number of aromatic nitrogens is 1. The van der Waals surface area contributed by atoms with Crippen LogP contribution in [0.25, 0.3) is 44.8 Å². The van der Waals surface area contributed by atoms with Crippen LogP contribution in [0.3, 0.4) is 0 Å². The van der Waals surface area contributed by atoms with Crippen molar-refractivity contribution in [2.75, 3.05) is 0 Å². The van der Waals surface area contributed by atoms with Crippen molar-refractivity contribution >= 4 is 28.0 Å². The van der Waals surface area contributed by atoms with Gasteiger partial charge in [-0.3, -0.25) is 0 Å². The molecule has 2 aromatic heterocycles. The molecule has 5 aromatic rings. The highest BCUT2D eigenvalue weighted by Crippen LogP contribution is 2.31. The summed E-state index contributed by atoms with van der Waals surface area (Å²) in [6.07, 6.45) is 0. The minimum atomic E-state index is -0.986. The Morgan fingerprint density at radius 3 is 2.56 bits per heavy atom. The van der Waals surface area contributed by atoms with Crippen LogP contribution in [0.15, 0.2) is 81.6 Å². The van der Waals surface area contributed by atoms with E-state index in [0.29, 0.717) is 22.6 Å². The molecule has 0 fully saturated rings. The van der Waals surface area contributed by atoms with Crippen molar-refractivity contribution in [1.29, 1.82) is 0 Å². The molecule has 3 aromatic carbocycles. The third-order valence-corrected chi connectivity index (χ3v) is 4.45. The van der Waals surface area contributed by atoms with E-state index in [1.54, 1.807) is 18.2 Å². The number of benzene rings is 3. The smallest absolute Gasteiger partial charge is 0.335 e. The van der Waals surface area contributed by atoms with Gasteiger partial charge in [0.1, 0.15) is 16.9 Å². The van der Waals surface area contributed by atoms with E-state index in [2.05, 4.69) is 4.98 Å². The lowest BCUT2D eigenvalue weighted by Gasteiger charge is -1.97. The number of hydrogen-bond donors (Lipinski definition) is 1. The van der Waals surface area contributed by atoms with E-state index in [4.69, 9.17) is 13.9 Å². The lowest BCUT2D eigenvalue weighted by Crippen LogP contribution is -1.95. The average molecular weight is 355 g/mol. The number of nitrogens with zero attached hydrogens (tertiary/aromatic N) is 1. The van der Waals surface area contributed by atoms with Crippen LogP contribution in [-0.4, -0.2) is 16.1 Å². The summed E-state index contributed by atoms with van der Waals surface area (Å²) in [5.41, 5.74) is 3.86. The molecule has 1 N–H and O–H groups in total. The Kier molecular flexibility index (Phi) is 3.33. The van der Waals surface area contributed by atoms with E-state index in [1.165, 1.54) is 6.07 Å². The van der Waals surface area contributed by atoms with E-state index in [9.17, 15) is 4.79 Å². The molecule has 0 spiro atoms.